The normalized spacial score (nSPS) is 17.2. The molecule has 5 heteroatoms. The van der Waals surface area contributed by atoms with Crippen LogP contribution in [0.3, 0.4) is 0 Å². The average Bonchev–Trinajstić information content (AvgIpc) is 2.47. The van der Waals surface area contributed by atoms with E-state index in [1.165, 1.54) is 38.2 Å². The SMILES string of the molecule is CC(Nc1cc(C(N)=O)cc(C(N)=O)c1)C1CCCCC1. The van der Waals surface area contributed by atoms with Crippen molar-refractivity contribution in [2.75, 3.05) is 5.32 Å². The summed E-state index contributed by atoms with van der Waals surface area (Å²) in [4.78, 5) is 22.7. The van der Waals surface area contributed by atoms with E-state index < -0.39 is 11.8 Å². The molecule has 5 N–H and O–H groups in total. The summed E-state index contributed by atoms with van der Waals surface area (Å²) < 4.78 is 0. The van der Waals surface area contributed by atoms with Crippen molar-refractivity contribution in [1.82, 2.24) is 0 Å². The molecule has 0 bridgehead atoms. The maximum Gasteiger partial charge on any atom is 0.248 e. The minimum absolute atomic E-state index is 0.286. The van der Waals surface area contributed by atoms with Gasteiger partial charge in [0.25, 0.3) is 0 Å². The Kier molecular flexibility index (Phi) is 4.83. The quantitative estimate of drug-likeness (QED) is 0.775. The molecule has 2 amide bonds. The molecule has 0 spiro atoms. The lowest BCUT2D eigenvalue weighted by Gasteiger charge is -2.29. The second kappa shape index (κ2) is 6.61. The maximum atomic E-state index is 11.4. The average molecular weight is 289 g/mol. The number of nitrogens with two attached hydrogens (primary N) is 2. The van der Waals surface area contributed by atoms with Crippen molar-refractivity contribution in [2.45, 2.75) is 45.1 Å². The number of primary amides is 2. The Morgan fingerprint density at radius 3 is 2.05 bits per heavy atom. The standard InChI is InChI=1S/C16H23N3O2/c1-10(11-5-3-2-4-6-11)19-14-8-12(15(17)20)7-13(9-14)16(18)21/h7-11,19H,2-6H2,1H3,(H2,17,20)(H2,18,21). The molecule has 21 heavy (non-hydrogen) atoms. The number of rotatable bonds is 5. The lowest BCUT2D eigenvalue weighted by molar-refractivity contribution is 0.0999. The van der Waals surface area contributed by atoms with E-state index in [9.17, 15) is 9.59 Å². The van der Waals surface area contributed by atoms with E-state index in [0.29, 0.717) is 17.0 Å². The predicted octanol–water partition coefficient (Wildman–Crippen LogP) is 2.27. The van der Waals surface area contributed by atoms with Crippen LogP contribution in [0.1, 0.15) is 59.7 Å². The molecule has 0 heterocycles. The van der Waals surface area contributed by atoms with Gasteiger partial charge in [0.1, 0.15) is 0 Å². The van der Waals surface area contributed by atoms with Gasteiger partial charge in [0.15, 0.2) is 0 Å². The van der Waals surface area contributed by atoms with Gasteiger partial charge in [-0.25, -0.2) is 0 Å². The molecule has 1 saturated carbocycles. The van der Waals surface area contributed by atoms with E-state index in [-0.39, 0.29) is 6.04 Å². The first-order valence-corrected chi connectivity index (χ1v) is 7.48. The predicted molar refractivity (Wildman–Crippen MR) is 83.1 cm³/mol. The Hall–Kier alpha value is -2.04. The van der Waals surface area contributed by atoms with Crippen LogP contribution in [0.5, 0.6) is 0 Å². The molecule has 0 aromatic heterocycles. The summed E-state index contributed by atoms with van der Waals surface area (Å²) in [5.74, 6) is -0.508. The van der Waals surface area contributed by atoms with Gasteiger partial charge in [-0.15, -0.1) is 0 Å². The molecule has 114 valence electrons. The van der Waals surface area contributed by atoms with Gasteiger partial charge in [0, 0.05) is 22.9 Å². The van der Waals surface area contributed by atoms with E-state index in [1.54, 1.807) is 12.1 Å². The fourth-order valence-corrected chi connectivity index (χ4v) is 3.01. The molecule has 2 rings (SSSR count). The maximum absolute atomic E-state index is 11.4. The molecule has 1 aromatic carbocycles. The number of anilines is 1. The summed E-state index contributed by atoms with van der Waals surface area (Å²) in [6, 6.07) is 5.07. The summed E-state index contributed by atoms with van der Waals surface area (Å²) in [7, 11) is 0. The van der Waals surface area contributed by atoms with Crippen LogP contribution in [0.2, 0.25) is 0 Å². The van der Waals surface area contributed by atoms with Crippen molar-refractivity contribution in [2.24, 2.45) is 17.4 Å². The second-order valence-electron chi connectivity index (χ2n) is 5.86. The fourth-order valence-electron chi connectivity index (χ4n) is 3.01. The van der Waals surface area contributed by atoms with Gasteiger partial charge in [-0.2, -0.15) is 0 Å². The third-order valence-corrected chi connectivity index (χ3v) is 4.25. The molecule has 1 atom stereocenters. The number of carbonyl (C=O) groups is 2. The van der Waals surface area contributed by atoms with E-state index >= 15 is 0 Å². The minimum Gasteiger partial charge on any atom is -0.382 e. The zero-order chi connectivity index (χ0) is 15.4. The molecule has 0 radical (unpaired) electrons. The van der Waals surface area contributed by atoms with Crippen LogP contribution in [-0.2, 0) is 0 Å². The van der Waals surface area contributed by atoms with Crippen molar-refractivity contribution in [3.8, 4) is 0 Å². The van der Waals surface area contributed by atoms with Crippen molar-refractivity contribution in [1.29, 1.82) is 0 Å². The van der Waals surface area contributed by atoms with Gasteiger partial charge in [-0.1, -0.05) is 19.3 Å². The number of hydrogen-bond donors (Lipinski definition) is 3. The van der Waals surface area contributed by atoms with Crippen molar-refractivity contribution < 1.29 is 9.59 Å². The summed E-state index contributed by atoms with van der Waals surface area (Å²) in [6.07, 6.45) is 6.28. The Labute approximate surface area is 125 Å². The lowest BCUT2D eigenvalue weighted by Crippen LogP contribution is -2.28. The number of hydrogen-bond acceptors (Lipinski definition) is 3. The van der Waals surface area contributed by atoms with E-state index in [1.807, 2.05) is 0 Å². The van der Waals surface area contributed by atoms with Crippen LogP contribution in [0.4, 0.5) is 5.69 Å². The molecule has 1 aliphatic rings. The molecular formula is C16H23N3O2. The Bertz CT molecular complexity index is 504. The first-order chi connectivity index (χ1) is 9.97. The molecule has 0 aliphatic heterocycles. The molecule has 0 saturated heterocycles. The van der Waals surface area contributed by atoms with E-state index in [4.69, 9.17) is 11.5 Å². The zero-order valence-corrected chi connectivity index (χ0v) is 12.4. The number of carbonyl (C=O) groups excluding carboxylic acids is 2. The number of nitrogens with one attached hydrogen (secondary N) is 1. The monoisotopic (exact) mass is 289 g/mol. The van der Waals surface area contributed by atoms with Gasteiger partial charge in [0.05, 0.1) is 0 Å². The van der Waals surface area contributed by atoms with Crippen LogP contribution >= 0.6 is 0 Å². The Morgan fingerprint density at radius 1 is 1.05 bits per heavy atom. The third-order valence-electron chi connectivity index (χ3n) is 4.25. The Balaban J connectivity index is 2.17. The second-order valence-corrected chi connectivity index (χ2v) is 5.86. The summed E-state index contributed by atoms with van der Waals surface area (Å²) in [6.45, 7) is 2.14. The van der Waals surface area contributed by atoms with E-state index in [0.717, 1.165) is 5.69 Å². The van der Waals surface area contributed by atoms with Crippen LogP contribution in [-0.4, -0.2) is 17.9 Å². The molecule has 1 aromatic rings. The smallest absolute Gasteiger partial charge is 0.248 e. The molecule has 1 unspecified atom stereocenters. The summed E-state index contributed by atoms with van der Waals surface area (Å²) >= 11 is 0. The summed E-state index contributed by atoms with van der Waals surface area (Å²) in [5.41, 5.74) is 11.9. The minimum atomic E-state index is -0.563. The van der Waals surface area contributed by atoms with E-state index in [2.05, 4.69) is 12.2 Å². The fraction of sp³-hybridized carbons (Fsp3) is 0.500. The zero-order valence-electron chi connectivity index (χ0n) is 12.4. The molecule has 1 fully saturated rings. The van der Waals surface area contributed by atoms with Gasteiger partial charge >= 0.3 is 0 Å². The highest BCUT2D eigenvalue weighted by Gasteiger charge is 2.20. The van der Waals surface area contributed by atoms with Gasteiger partial charge in [-0.05, 0) is 43.9 Å². The number of amides is 2. The van der Waals surface area contributed by atoms with Gasteiger partial charge < -0.3 is 16.8 Å². The highest BCUT2D eigenvalue weighted by molar-refractivity contribution is 5.99. The molecular weight excluding hydrogens is 266 g/mol. The van der Waals surface area contributed by atoms with Gasteiger partial charge in [-0.3, -0.25) is 9.59 Å². The Morgan fingerprint density at radius 2 is 1.57 bits per heavy atom. The highest BCUT2D eigenvalue weighted by atomic mass is 16.1. The first kappa shape index (κ1) is 15.4. The highest BCUT2D eigenvalue weighted by Crippen LogP contribution is 2.28. The molecule has 1 aliphatic carbocycles. The lowest BCUT2D eigenvalue weighted by atomic mass is 9.84. The van der Waals surface area contributed by atoms with Crippen LogP contribution in [0.25, 0.3) is 0 Å². The van der Waals surface area contributed by atoms with Crippen molar-refractivity contribution in [3.05, 3.63) is 29.3 Å². The van der Waals surface area contributed by atoms with Crippen LogP contribution in [0.15, 0.2) is 18.2 Å². The molecule has 5 nitrogen and oxygen atoms in total. The largest absolute Gasteiger partial charge is 0.382 e. The van der Waals surface area contributed by atoms with Crippen molar-refractivity contribution in [3.63, 3.8) is 0 Å². The topological polar surface area (TPSA) is 98.2 Å². The van der Waals surface area contributed by atoms with Crippen LogP contribution in [0, 0.1) is 5.92 Å². The number of benzene rings is 1. The van der Waals surface area contributed by atoms with Crippen LogP contribution < -0.4 is 16.8 Å². The first-order valence-electron chi connectivity index (χ1n) is 7.48. The summed E-state index contributed by atoms with van der Waals surface area (Å²) in [5, 5.41) is 3.39. The van der Waals surface area contributed by atoms with Gasteiger partial charge in [0.2, 0.25) is 11.8 Å². The third kappa shape index (κ3) is 3.97. The van der Waals surface area contributed by atoms with Crippen molar-refractivity contribution >= 4 is 17.5 Å².